The summed E-state index contributed by atoms with van der Waals surface area (Å²) in [6.45, 7) is 6.25. The normalized spacial score (nSPS) is 10.8. The number of hydrogen-bond donors (Lipinski definition) is 1. The number of rotatable bonds is 7. The maximum atomic E-state index is 4.54. The van der Waals surface area contributed by atoms with Crippen molar-refractivity contribution in [3.63, 3.8) is 0 Å². The Kier molecular flexibility index (Phi) is 4.81. The fourth-order valence-corrected chi connectivity index (χ4v) is 2.62. The summed E-state index contributed by atoms with van der Waals surface area (Å²) in [5.74, 6) is 1.01. The van der Waals surface area contributed by atoms with Gasteiger partial charge in [0.25, 0.3) is 0 Å². The molecule has 0 bridgehead atoms. The highest BCUT2D eigenvalue weighted by Crippen LogP contribution is 2.13. The van der Waals surface area contributed by atoms with E-state index in [2.05, 4.69) is 45.5 Å². The maximum absolute atomic E-state index is 4.54. The average Bonchev–Trinajstić information content (AvgIpc) is 2.97. The maximum Gasteiger partial charge on any atom is 0.203 e. The van der Waals surface area contributed by atoms with Gasteiger partial charge in [0.15, 0.2) is 0 Å². The molecule has 0 radical (unpaired) electrons. The van der Waals surface area contributed by atoms with Gasteiger partial charge in [0.05, 0.1) is 5.69 Å². The third-order valence-electron chi connectivity index (χ3n) is 2.89. The molecule has 0 aliphatic carbocycles. The van der Waals surface area contributed by atoms with Gasteiger partial charge >= 0.3 is 0 Å². The molecule has 0 saturated heterocycles. The van der Waals surface area contributed by atoms with Crippen molar-refractivity contribution >= 4 is 17.3 Å². The molecule has 0 atom stereocenters. The van der Waals surface area contributed by atoms with Crippen LogP contribution in [0.2, 0.25) is 0 Å². The molecule has 1 N–H and O–H groups in total. The van der Waals surface area contributed by atoms with E-state index in [0.29, 0.717) is 0 Å². The lowest BCUT2D eigenvalue weighted by molar-refractivity contribution is 0.700. The molecule has 0 amide bonds. The highest BCUT2D eigenvalue weighted by Gasteiger charge is 2.05. The highest BCUT2D eigenvalue weighted by atomic mass is 32.1. The molecule has 0 aromatic carbocycles. The van der Waals surface area contributed by atoms with E-state index in [1.54, 1.807) is 0 Å². The molecule has 0 fully saturated rings. The number of imidazole rings is 1. The Bertz CT molecular complexity index is 459. The topological polar surface area (TPSA) is 29.9 Å². The monoisotopic (exact) mass is 263 g/mol. The van der Waals surface area contributed by atoms with Gasteiger partial charge in [-0.1, -0.05) is 19.4 Å². The minimum absolute atomic E-state index is 0.996. The summed E-state index contributed by atoms with van der Waals surface area (Å²) >= 11 is 1.82. The molecule has 2 rings (SSSR count). The van der Waals surface area contributed by atoms with E-state index in [-0.39, 0.29) is 0 Å². The van der Waals surface area contributed by atoms with E-state index in [0.717, 1.165) is 31.2 Å². The van der Waals surface area contributed by atoms with Crippen LogP contribution in [-0.4, -0.2) is 16.1 Å². The number of aromatic nitrogens is 2. The first-order valence-corrected chi connectivity index (χ1v) is 7.47. The molecule has 18 heavy (non-hydrogen) atoms. The molecule has 0 aliphatic rings. The number of aryl methyl sites for hydroxylation is 3. The number of unbranched alkanes of at least 4 members (excludes halogenated alkanes) is 1. The molecule has 0 aliphatic heterocycles. The zero-order valence-corrected chi connectivity index (χ0v) is 12.0. The first-order chi connectivity index (χ1) is 8.79. The molecular weight excluding hydrogens is 242 g/mol. The predicted octanol–water partition coefficient (Wildman–Crippen LogP) is 3.71. The minimum Gasteiger partial charge on any atom is -0.356 e. The first kappa shape index (κ1) is 13.1. The summed E-state index contributed by atoms with van der Waals surface area (Å²) in [5, 5.41) is 5.55. The van der Waals surface area contributed by atoms with Crippen molar-refractivity contribution in [2.24, 2.45) is 0 Å². The molecule has 2 aromatic heterocycles. The highest BCUT2D eigenvalue weighted by molar-refractivity contribution is 7.09. The van der Waals surface area contributed by atoms with Crippen LogP contribution in [0.4, 0.5) is 5.95 Å². The van der Waals surface area contributed by atoms with Crippen molar-refractivity contribution in [2.75, 3.05) is 11.9 Å². The van der Waals surface area contributed by atoms with Gasteiger partial charge in [0.1, 0.15) is 0 Å². The Balaban J connectivity index is 1.93. The van der Waals surface area contributed by atoms with E-state index in [4.69, 9.17) is 0 Å². The number of nitrogens with one attached hydrogen (secondary N) is 1. The summed E-state index contributed by atoms with van der Waals surface area (Å²) < 4.78 is 2.23. The predicted molar refractivity (Wildman–Crippen MR) is 78.4 cm³/mol. The van der Waals surface area contributed by atoms with Crippen LogP contribution in [0.15, 0.2) is 23.7 Å². The van der Waals surface area contributed by atoms with Crippen molar-refractivity contribution in [1.29, 1.82) is 0 Å². The summed E-state index contributed by atoms with van der Waals surface area (Å²) in [6, 6.07) is 4.30. The molecule has 2 aromatic rings. The third-order valence-corrected chi connectivity index (χ3v) is 3.83. The largest absolute Gasteiger partial charge is 0.356 e. The van der Waals surface area contributed by atoms with Gasteiger partial charge in [-0.15, -0.1) is 11.3 Å². The standard InChI is InChI=1S/C14H21N3S/c1-3-4-8-15-14-16-12(2)11-17(14)9-7-13-6-5-10-18-13/h5-6,10-11H,3-4,7-9H2,1-2H3,(H,15,16). The van der Waals surface area contributed by atoms with Gasteiger partial charge in [-0.05, 0) is 31.2 Å². The van der Waals surface area contributed by atoms with Crippen molar-refractivity contribution in [1.82, 2.24) is 9.55 Å². The number of thiophene rings is 1. The smallest absolute Gasteiger partial charge is 0.203 e. The molecule has 0 unspecified atom stereocenters. The lowest BCUT2D eigenvalue weighted by Gasteiger charge is -2.08. The fourth-order valence-electron chi connectivity index (χ4n) is 1.92. The van der Waals surface area contributed by atoms with Crippen LogP contribution >= 0.6 is 11.3 Å². The molecule has 4 heteroatoms. The average molecular weight is 263 g/mol. The van der Waals surface area contributed by atoms with Gasteiger partial charge in [-0.2, -0.15) is 0 Å². The zero-order valence-electron chi connectivity index (χ0n) is 11.1. The van der Waals surface area contributed by atoms with E-state index >= 15 is 0 Å². The Morgan fingerprint density at radius 3 is 3.06 bits per heavy atom. The number of nitrogens with zero attached hydrogens (tertiary/aromatic N) is 2. The second-order valence-electron chi connectivity index (χ2n) is 4.51. The van der Waals surface area contributed by atoms with E-state index in [9.17, 15) is 0 Å². The molecule has 0 saturated carbocycles. The molecule has 0 spiro atoms. The quantitative estimate of drug-likeness (QED) is 0.772. The van der Waals surface area contributed by atoms with Gasteiger partial charge in [0.2, 0.25) is 5.95 Å². The van der Waals surface area contributed by atoms with Crippen LogP contribution in [0.1, 0.15) is 30.3 Å². The van der Waals surface area contributed by atoms with Crippen LogP contribution < -0.4 is 5.32 Å². The van der Waals surface area contributed by atoms with E-state index < -0.39 is 0 Å². The molecular formula is C14H21N3S. The lowest BCUT2D eigenvalue weighted by Crippen LogP contribution is -2.09. The van der Waals surface area contributed by atoms with Gasteiger partial charge in [-0.25, -0.2) is 4.98 Å². The van der Waals surface area contributed by atoms with E-state index in [1.807, 2.05) is 18.3 Å². The minimum atomic E-state index is 0.996. The van der Waals surface area contributed by atoms with Crippen LogP contribution in [0.5, 0.6) is 0 Å². The van der Waals surface area contributed by atoms with Crippen LogP contribution in [0, 0.1) is 6.92 Å². The van der Waals surface area contributed by atoms with Crippen LogP contribution in [-0.2, 0) is 13.0 Å². The van der Waals surface area contributed by atoms with Gasteiger partial charge < -0.3 is 9.88 Å². The van der Waals surface area contributed by atoms with Crippen LogP contribution in [0.25, 0.3) is 0 Å². The second kappa shape index (κ2) is 6.59. The molecule has 98 valence electrons. The Morgan fingerprint density at radius 1 is 1.44 bits per heavy atom. The van der Waals surface area contributed by atoms with Crippen molar-refractivity contribution in [3.05, 3.63) is 34.3 Å². The molecule has 3 nitrogen and oxygen atoms in total. The summed E-state index contributed by atoms with van der Waals surface area (Å²) in [7, 11) is 0. The number of anilines is 1. The second-order valence-corrected chi connectivity index (χ2v) is 5.54. The fraction of sp³-hybridized carbons (Fsp3) is 0.500. The van der Waals surface area contributed by atoms with Gasteiger partial charge in [0, 0.05) is 24.2 Å². The van der Waals surface area contributed by atoms with Crippen molar-refractivity contribution < 1.29 is 0 Å². The Labute approximate surface area is 113 Å². The van der Waals surface area contributed by atoms with Crippen molar-refractivity contribution in [2.45, 2.75) is 39.7 Å². The lowest BCUT2D eigenvalue weighted by atomic mass is 10.3. The zero-order chi connectivity index (χ0) is 12.8. The Morgan fingerprint density at radius 2 is 2.33 bits per heavy atom. The van der Waals surface area contributed by atoms with E-state index in [1.165, 1.54) is 17.7 Å². The van der Waals surface area contributed by atoms with Gasteiger partial charge in [-0.3, -0.25) is 0 Å². The summed E-state index contributed by atoms with van der Waals surface area (Å²) in [6.07, 6.45) is 5.61. The third kappa shape index (κ3) is 3.60. The summed E-state index contributed by atoms with van der Waals surface area (Å²) in [5.41, 5.74) is 1.08. The Hall–Kier alpha value is -1.29. The SMILES string of the molecule is CCCCNc1nc(C)cn1CCc1cccs1. The van der Waals surface area contributed by atoms with Crippen LogP contribution in [0.3, 0.4) is 0 Å². The van der Waals surface area contributed by atoms with Crippen molar-refractivity contribution in [3.8, 4) is 0 Å². The summed E-state index contributed by atoms with van der Waals surface area (Å²) in [4.78, 5) is 5.97. The number of hydrogen-bond acceptors (Lipinski definition) is 3. The first-order valence-electron chi connectivity index (χ1n) is 6.59. The molecule has 2 heterocycles.